The van der Waals surface area contributed by atoms with Gasteiger partial charge in [-0.1, -0.05) is 13.8 Å². The zero-order valence-electron chi connectivity index (χ0n) is 13.7. The maximum atomic E-state index is 11.9. The summed E-state index contributed by atoms with van der Waals surface area (Å²) in [4.78, 5) is 19.3. The van der Waals surface area contributed by atoms with E-state index in [9.17, 15) is 9.90 Å². The molecule has 2 saturated heterocycles. The first kappa shape index (κ1) is 15.7. The van der Waals surface area contributed by atoms with Crippen LogP contribution in [0.2, 0.25) is 0 Å². The number of aliphatic hydroxyl groups excluding tert-OH is 1. The van der Waals surface area contributed by atoms with Crippen molar-refractivity contribution in [3.63, 3.8) is 0 Å². The first-order chi connectivity index (χ1) is 9.06. The molecule has 0 aromatic rings. The fourth-order valence-corrected chi connectivity index (χ4v) is 4.11. The molecule has 0 bridgehead atoms. The number of hydrogen-bond donors (Lipinski definition) is 1. The number of carbonyl (C=O) groups excluding carboxylic acids is 1. The van der Waals surface area contributed by atoms with Crippen LogP contribution in [0.3, 0.4) is 0 Å². The average molecular weight is 284 g/mol. The second-order valence-electron chi connectivity index (χ2n) is 7.34. The molecule has 5 heteroatoms. The molecule has 0 radical (unpaired) electrons. The molecule has 2 rings (SSSR count). The van der Waals surface area contributed by atoms with E-state index in [4.69, 9.17) is 4.84 Å². The molecule has 1 N–H and O–H groups in total. The summed E-state index contributed by atoms with van der Waals surface area (Å²) in [6.45, 7) is 12.8. The Morgan fingerprint density at radius 3 is 1.90 bits per heavy atom. The number of hydrogen-bond acceptors (Lipinski definition) is 4. The highest BCUT2D eigenvalue weighted by Gasteiger charge is 2.59. The largest absolute Gasteiger partial charge is 0.373 e. The lowest BCUT2D eigenvalue weighted by atomic mass is 9.65. The van der Waals surface area contributed by atoms with E-state index in [1.807, 2.05) is 5.06 Å². The summed E-state index contributed by atoms with van der Waals surface area (Å²) in [5, 5.41) is 12.0. The van der Waals surface area contributed by atoms with E-state index >= 15 is 0 Å². The quantitative estimate of drug-likeness (QED) is 0.783. The average Bonchev–Trinajstić information content (AvgIpc) is 2.32. The third-order valence-corrected chi connectivity index (χ3v) is 5.77. The number of likely N-dealkylation sites (tertiary alicyclic amines) is 1. The smallest absolute Gasteiger partial charge is 0.229 e. The van der Waals surface area contributed by atoms with E-state index < -0.39 is 6.23 Å². The monoisotopic (exact) mass is 284 g/mol. The van der Waals surface area contributed by atoms with E-state index in [0.717, 1.165) is 0 Å². The van der Waals surface area contributed by atoms with Gasteiger partial charge in [0.05, 0.1) is 13.5 Å². The van der Waals surface area contributed by atoms with Gasteiger partial charge in [0, 0.05) is 17.1 Å². The Hall–Kier alpha value is -0.650. The molecule has 5 nitrogen and oxygen atoms in total. The molecule has 0 aromatic heterocycles. The van der Waals surface area contributed by atoms with Crippen molar-refractivity contribution in [2.45, 2.75) is 71.3 Å². The van der Waals surface area contributed by atoms with E-state index in [-0.39, 0.29) is 41.3 Å². The molecule has 0 spiro atoms. The van der Waals surface area contributed by atoms with Gasteiger partial charge in [-0.2, -0.15) is 5.06 Å². The van der Waals surface area contributed by atoms with Crippen LogP contribution < -0.4 is 0 Å². The maximum Gasteiger partial charge on any atom is 0.229 e. The van der Waals surface area contributed by atoms with Crippen LogP contribution in [0.15, 0.2) is 0 Å². The maximum absolute atomic E-state index is 11.9. The Kier molecular flexibility index (Phi) is 3.68. The summed E-state index contributed by atoms with van der Waals surface area (Å²) < 4.78 is 0. The molecular weight excluding hydrogens is 256 g/mol. The Balaban J connectivity index is 2.41. The number of carbonyl (C=O) groups is 1. The SMILES string of the molecule is CON1C(C)(C)C(C)C(N2C(=O)CC2O)C(C)C1(C)C. The zero-order chi connectivity index (χ0) is 15.5. The van der Waals surface area contributed by atoms with Crippen LogP contribution in [0.4, 0.5) is 0 Å². The molecule has 20 heavy (non-hydrogen) atoms. The summed E-state index contributed by atoms with van der Waals surface area (Å²) in [7, 11) is 1.70. The Morgan fingerprint density at radius 1 is 1.15 bits per heavy atom. The molecule has 2 aliphatic rings. The van der Waals surface area contributed by atoms with Crippen molar-refractivity contribution in [1.29, 1.82) is 0 Å². The minimum absolute atomic E-state index is 0.0302. The second-order valence-corrected chi connectivity index (χ2v) is 7.34. The summed E-state index contributed by atoms with van der Waals surface area (Å²) in [6, 6.07) is 0.0302. The lowest BCUT2D eigenvalue weighted by molar-refractivity contribution is -0.308. The van der Waals surface area contributed by atoms with Gasteiger partial charge in [-0.15, -0.1) is 0 Å². The highest BCUT2D eigenvalue weighted by molar-refractivity contribution is 5.82. The molecule has 0 saturated carbocycles. The summed E-state index contributed by atoms with van der Waals surface area (Å²) in [5.74, 6) is 0.451. The molecule has 1 amide bonds. The van der Waals surface area contributed by atoms with Crippen molar-refractivity contribution in [2.75, 3.05) is 7.11 Å². The van der Waals surface area contributed by atoms with Crippen LogP contribution in [-0.4, -0.2) is 51.4 Å². The van der Waals surface area contributed by atoms with E-state index in [2.05, 4.69) is 41.5 Å². The third kappa shape index (κ3) is 1.90. The Labute approximate surface area is 121 Å². The van der Waals surface area contributed by atoms with Crippen molar-refractivity contribution in [1.82, 2.24) is 9.96 Å². The highest BCUT2D eigenvalue weighted by Crippen LogP contribution is 2.48. The third-order valence-electron chi connectivity index (χ3n) is 5.77. The van der Waals surface area contributed by atoms with Crippen LogP contribution >= 0.6 is 0 Å². The second kappa shape index (κ2) is 4.68. The van der Waals surface area contributed by atoms with Crippen molar-refractivity contribution < 1.29 is 14.7 Å². The van der Waals surface area contributed by atoms with Crippen molar-refractivity contribution in [2.24, 2.45) is 11.8 Å². The van der Waals surface area contributed by atoms with Gasteiger partial charge in [-0.3, -0.25) is 4.79 Å². The number of piperidine rings is 1. The van der Waals surface area contributed by atoms with Gasteiger partial charge in [-0.05, 0) is 39.5 Å². The summed E-state index contributed by atoms with van der Waals surface area (Å²) in [5.41, 5.74) is -0.434. The standard InChI is InChI=1S/C15H28N2O3/c1-9-13(16-11(18)8-12(16)19)10(2)15(5,6)17(20-7)14(9,3)4/h9-11,13,18H,8H2,1-7H3. The fourth-order valence-electron chi connectivity index (χ4n) is 4.11. The predicted molar refractivity (Wildman–Crippen MR) is 76.6 cm³/mol. The number of aliphatic hydroxyl groups is 1. The molecule has 2 fully saturated rings. The van der Waals surface area contributed by atoms with Crippen LogP contribution in [0.25, 0.3) is 0 Å². The van der Waals surface area contributed by atoms with Crippen LogP contribution in [-0.2, 0) is 9.63 Å². The van der Waals surface area contributed by atoms with E-state index in [1.165, 1.54) is 0 Å². The number of rotatable bonds is 2. The molecule has 3 unspecified atom stereocenters. The van der Waals surface area contributed by atoms with Crippen molar-refractivity contribution in [3.05, 3.63) is 0 Å². The molecule has 116 valence electrons. The molecule has 2 aliphatic heterocycles. The Morgan fingerprint density at radius 2 is 1.60 bits per heavy atom. The normalized spacial score (nSPS) is 40.6. The van der Waals surface area contributed by atoms with Crippen molar-refractivity contribution >= 4 is 5.91 Å². The van der Waals surface area contributed by atoms with Gasteiger partial charge >= 0.3 is 0 Å². The van der Waals surface area contributed by atoms with Gasteiger partial charge in [-0.25, -0.2) is 0 Å². The first-order valence-corrected chi connectivity index (χ1v) is 7.40. The van der Waals surface area contributed by atoms with Gasteiger partial charge in [0.15, 0.2) is 0 Å². The van der Waals surface area contributed by atoms with Crippen LogP contribution in [0, 0.1) is 11.8 Å². The molecule has 0 aromatic carbocycles. The topological polar surface area (TPSA) is 53.0 Å². The zero-order valence-corrected chi connectivity index (χ0v) is 13.7. The van der Waals surface area contributed by atoms with Gasteiger partial charge in [0.2, 0.25) is 5.91 Å². The molecule has 3 atom stereocenters. The number of nitrogens with zero attached hydrogens (tertiary/aromatic N) is 2. The minimum atomic E-state index is -0.627. The van der Waals surface area contributed by atoms with Crippen LogP contribution in [0.5, 0.6) is 0 Å². The first-order valence-electron chi connectivity index (χ1n) is 7.40. The van der Waals surface area contributed by atoms with Gasteiger partial charge in [0.25, 0.3) is 0 Å². The van der Waals surface area contributed by atoms with Gasteiger partial charge in [0.1, 0.15) is 6.23 Å². The van der Waals surface area contributed by atoms with Gasteiger partial charge < -0.3 is 14.8 Å². The minimum Gasteiger partial charge on any atom is -0.373 e. The lowest BCUT2D eigenvalue weighted by Crippen LogP contribution is -2.75. The van der Waals surface area contributed by atoms with Crippen LogP contribution in [0.1, 0.15) is 48.0 Å². The Bertz CT molecular complexity index is 386. The van der Waals surface area contributed by atoms with Crippen molar-refractivity contribution in [3.8, 4) is 0 Å². The highest BCUT2D eigenvalue weighted by atomic mass is 16.7. The number of amides is 1. The van der Waals surface area contributed by atoms with E-state index in [0.29, 0.717) is 0 Å². The summed E-state index contributed by atoms with van der Waals surface area (Å²) >= 11 is 0. The fraction of sp³-hybridized carbons (Fsp3) is 0.933. The molecular formula is C15H28N2O3. The number of β-lactam (4-membered cyclic amide) rings is 1. The molecule has 0 aliphatic carbocycles. The lowest BCUT2D eigenvalue weighted by Gasteiger charge is -2.63. The van der Waals surface area contributed by atoms with E-state index in [1.54, 1.807) is 12.0 Å². The summed E-state index contributed by atoms with van der Waals surface area (Å²) in [6.07, 6.45) is -0.372. The predicted octanol–water partition coefficient (Wildman–Crippen LogP) is 1.61. The molecule has 2 heterocycles. The number of hydroxylamine groups is 2.